The lowest BCUT2D eigenvalue weighted by atomic mass is 9.99. The SMILES string of the molecule is CCCC(C)(C)Nc1nc(Cl)nc2[nH]ncc12. The number of aromatic nitrogens is 4. The van der Waals surface area contributed by atoms with Crippen molar-refractivity contribution >= 4 is 28.5 Å². The number of H-pyrrole nitrogens is 1. The number of nitrogens with one attached hydrogen (secondary N) is 2. The van der Waals surface area contributed by atoms with Crippen LogP contribution >= 0.6 is 11.6 Å². The lowest BCUT2D eigenvalue weighted by Crippen LogP contribution is -2.31. The number of rotatable bonds is 4. The van der Waals surface area contributed by atoms with Gasteiger partial charge >= 0.3 is 0 Å². The maximum Gasteiger partial charge on any atom is 0.226 e. The molecule has 92 valence electrons. The number of hydrogen-bond acceptors (Lipinski definition) is 4. The minimum absolute atomic E-state index is 0.0311. The van der Waals surface area contributed by atoms with Gasteiger partial charge in [0.2, 0.25) is 5.28 Å². The molecule has 2 heterocycles. The summed E-state index contributed by atoms with van der Waals surface area (Å²) in [4.78, 5) is 8.29. The van der Waals surface area contributed by atoms with Crippen molar-refractivity contribution in [2.24, 2.45) is 0 Å². The molecule has 0 aliphatic rings. The van der Waals surface area contributed by atoms with Crippen LogP contribution < -0.4 is 5.32 Å². The van der Waals surface area contributed by atoms with E-state index in [1.807, 2.05) is 0 Å². The highest BCUT2D eigenvalue weighted by Gasteiger charge is 2.19. The second-order valence-electron chi connectivity index (χ2n) is 4.73. The Balaban J connectivity index is 2.37. The molecule has 0 fully saturated rings. The van der Waals surface area contributed by atoms with E-state index >= 15 is 0 Å². The molecule has 17 heavy (non-hydrogen) atoms. The van der Waals surface area contributed by atoms with E-state index in [2.05, 4.69) is 46.3 Å². The summed E-state index contributed by atoms with van der Waals surface area (Å²) < 4.78 is 0. The van der Waals surface area contributed by atoms with Crippen LogP contribution in [0.25, 0.3) is 11.0 Å². The summed E-state index contributed by atoms with van der Waals surface area (Å²) in [6, 6.07) is 0. The number of hydrogen-bond donors (Lipinski definition) is 2. The molecule has 2 rings (SSSR count). The number of anilines is 1. The Hall–Kier alpha value is -1.36. The largest absolute Gasteiger partial charge is 0.364 e. The van der Waals surface area contributed by atoms with Crippen LogP contribution in [0.4, 0.5) is 5.82 Å². The molecule has 0 saturated heterocycles. The van der Waals surface area contributed by atoms with Crippen molar-refractivity contribution < 1.29 is 0 Å². The Bertz CT molecular complexity index is 520. The molecule has 0 amide bonds. The maximum atomic E-state index is 5.88. The van der Waals surface area contributed by atoms with E-state index in [9.17, 15) is 0 Å². The minimum Gasteiger partial charge on any atom is -0.364 e. The molecular formula is C11H16ClN5. The zero-order chi connectivity index (χ0) is 12.5. The molecule has 0 radical (unpaired) electrons. The Morgan fingerprint density at radius 3 is 2.88 bits per heavy atom. The van der Waals surface area contributed by atoms with E-state index in [0.717, 1.165) is 24.0 Å². The zero-order valence-electron chi connectivity index (χ0n) is 10.2. The monoisotopic (exact) mass is 253 g/mol. The smallest absolute Gasteiger partial charge is 0.226 e. The molecule has 0 spiro atoms. The van der Waals surface area contributed by atoms with Gasteiger partial charge in [0.1, 0.15) is 5.82 Å². The van der Waals surface area contributed by atoms with E-state index in [4.69, 9.17) is 11.6 Å². The van der Waals surface area contributed by atoms with Gasteiger partial charge in [0.25, 0.3) is 0 Å². The highest BCUT2D eigenvalue weighted by Crippen LogP contribution is 2.25. The third-order valence-electron chi connectivity index (χ3n) is 2.61. The van der Waals surface area contributed by atoms with Gasteiger partial charge in [-0.1, -0.05) is 13.3 Å². The van der Waals surface area contributed by atoms with Gasteiger partial charge in [-0.3, -0.25) is 5.10 Å². The van der Waals surface area contributed by atoms with Crippen LogP contribution in [0, 0.1) is 0 Å². The zero-order valence-corrected chi connectivity index (χ0v) is 11.0. The second-order valence-corrected chi connectivity index (χ2v) is 5.07. The third-order valence-corrected chi connectivity index (χ3v) is 2.78. The minimum atomic E-state index is -0.0311. The Labute approximate surface area is 105 Å². The second kappa shape index (κ2) is 4.49. The van der Waals surface area contributed by atoms with Crippen LogP contribution in [0.3, 0.4) is 0 Å². The van der Waals surface area contributed by atoms with Crippen LogP contribution in [-0.4, -0.2) is 25.7 Å². The van der Waals surface area contributed by atoms with E-state index in [-0.39, 0.29) is 10.8 Å². The number of aromatic amines is 1. The average molecular weight is 254 g/mol. The van der Waals surface area contributed by atoms with Crippen LogP contribution in [-0.2, 0) is 0 Å². The molecule has 6 heteroatoms. The predicted octanol–water partition coefficient (Wildman–Crippen LogP) is 3.00. The van der Waals surface area contributed by atoms with Gasteiger partial charge in [0.15, 0.2) is 5.65 Å². The fourth-order valence-corrected chi connectivity index (χ4v) is 2.08. The Morgan fingerprint density at radius 1 is 1.41 bits per heavy atom. The first-order valence-electron chi connectivity index (χ1n) is 5.66. The van der Waals surface area contributed by atoms with Crippen molar-refractivity contribution in [1.29, 1.82) is 0 Å². The molecule has 5 nitrogen and oxygen atoms in total. The first-order chi connectivity index (χ1) is 8.02. The standard InChI is InChI=1S/C11H16ClN5/c1-4-5-11(2,3)16-8-7-6-13-17-9(7)15-10(12)14-8/h6H,4-5H2,1-3H3,(H2,13,14,15,16,17). The first-order valence-corrected chi connectivity index (χ1v) is 6.04. The maximum absolute atomic E-state index is 5.88. The van der Waals surface area contributed by atoms with E-state index in [1.54, 1.807) is 6.20 Å². The van der Waals surface area contributed by atoms with Crippen LogP contribution in [0.1, 0.15) is 33.6 Å². The molecule has 0 aromatic carbocycles. The van der Waals surface area contributed by atoms with E-state index in [1.165, 1.54) is 0 Å². The predicted molar refractivity (Wildman–Crippen MR) is 69.3 cm³/mol. The van der Waals surface area contributed by atoms with Crippen molar-refractivity contribution in [3.05, 3.63) is 11.5 Å². The van der Waals surface area contributed by atoms with Crippen molar-refractivity contribution in [1.82, 2.24) is 20.2 Å². The van der Waals surface area contributed by atoms with E-state index in [0.29, 0.717) is 5.65 Å². The Kier molecular flexibility index (Phi) is 3.19. The van der Waals surface area contributed by atoms with Crippen LogP contribution in [0.2, 0.25) is 5.28 Å². The van der Waals surface area contributed by atoms with Gasteiger partial charge in [0, 0.05) is 5.54 Å². The van der Waals surface area contributed by atoms with E-state index < -0.39 is 0 Å². The highest BCUT2D eigenvalue weighted by atomic mass is 35.5. The summed E-state index contributed by atoms with van der Waals surface area (Å²) in [5, 5.41) is 11.2. The van der Waals surface area contributed by atoms with Gasteiger partial charge in [-0.05, 0) is 31.9 Å². The third kappa shape index (κ3) is 2.66. The van der Waals surface area contributed by atoms with Crippen molar-refractivity contribution in [3.63, 3.8) is 0 Å². The van der Waals surface area contributed by atoms with Crippen molar-refractivity contribution in [2.45, 2.75) is 39.2 Å². The van der Waals surface area contributed by atoms with Crippen LogP contribution in [0.5, 0.6) is 0 Å². The molecule has 0 atom stereocenters. The fraction of sp³-hybridized carbons (Fsp3) is 0.545. The molecule has 2 N–H and O–H groups in total. The van der Waals surface area contributed by atoms with Gasteiger partial charge in [-0.25, -0.2) is 0 Å². The summed E-state index contributed by atoms with van der Waals surface area (Å²) in [6.45, 7) is 6.43. The average Bonchev–Trinajstić information content (AvgIpc) is 2.64. The highest BCUT2D eigenvalue weighted by molar-refractivity contribution is 6.28. The summed E-state index contributed by atoms with van der Waals surface area (Å²) in [7, 11) is 0. The molecule has 2 aromatic heterocycles. The summed E-state index contributed by atoms with van der Waals surface area (Å²) in [6.07, 6.45) is 3.86. The molecular weight excluding hydrogens is 238 g/mol. The molecule has 0 unspecified atom stereocenters. The lowest BCUT2D eigenvalue weighted by molar-refractivity contribution is 0.509. The molecule has 0 aliphatic carbocycles. The van der Waals surface area contributed by atoms with Crippen molar-refractivity contribution in [3.8, 4) is 0 Å². The number of nitrogens with zero attached hydrogens (tertiary/aromatic N) is 3. The fourth-order valence-electron chi connectivity index (χ4n) is 1.91. The van der Waals surface area contributed by atoms with Gasteiger partial charge < -0.3 is 5.32 Å². The van der Waals surface area contributed by atoms with Crippen molar-refractivity contribution in [2.75, 3.05) is 5.32 Å². The molecule has 0 aliphatic heterocycles. The normalized spacial score (nSPS) is 12.0. The molecule has 2 aromatic rings. The van der Waals surface area contributed by atoms with Gasteiger partial charge in [-0.2, -0.15) is 15.1 Å². The summed E-state index contributed by atoms with van der Waals surface area (Å²) in [5.41, 5.74) is 0.621. The molecule has 0 saturated carbocycles. The van der Waals surface area contributed by atoms with Crippen LogP contribution in [0.15, 0.2) is 6.20 Å². The number of fused-ring (bicyclic) bond motifs is 1. The van der Waals surface area contributed by atoms with Gasteiger partial charge in [-0.15, -0.1) is 0 Å². The topological polar surface area (TPSA) is 66.5 Å². The Morgan fingerprint density at radius 2 is 2.18 bits per heavy atom. The number of halogens is 1. The summed E-state index contributed by atoms with van der Waals surface area (Å²) in [5.74, 6) is 0.729. The lowest BCUT2D eigenvalue weighted by Gasteiger charge is -2.26. The first kappa shape index (κ1) is 12.1. The summed E-state index contributed by atoms with van der Waals surface area (Å²) >= 11 is 5.88. The molecule has 0 bridgehead atoms. The quantitative estimate of drug-likeness (QED) is 0.822. The van der Waals surface area contributed by atoms with Gasteiger partial charge in [0.05, 0.1) is 11.6 Å².